The number of carbonyl (C=O) groups is 2. The highest BCUT2D eigenvalue weighted by Gasteiger charge is 2.10. The summed E-state index contributed by atoms with van der Waals surface area (Å²) in [7, 11) is 1.34. The van der Waals surface area contributed by atoms with Crippen LogP contribution in [0.4, 0.5) is 0 Å². The van der Waals surface area contributed by atoms with E-state index in [4.69, 9.17) is 5.11 Å². The fourth-order valence-electron chi connectivity index (χ4n) is 1.81. The number of aryl methyl sites for hydroxylation is 2. The summed E-state index contributed by atoms with van der Waals surface area (Å²) < 4.78 is 4.52. The second kappa shape index (κ2) is 6.00. The summed E-state index contributed by atoms with van der Waals surface area (Å²) in [6, 6.07) is 3.56. The number of carboxylic acid groups (broad SMARTS) is 1. The van der Waals surface area contributed by atoms with Crippen molar-refractivity contribution in [1.82, 2.24) is 0 Å². The van der Waals surface area contributed by atoms with Gasteiger partial charge in [-0.05, 0) is 30.5 Å². The standard InChI is InChI=1S/C14H16O4/c1-9-7-11(5-4-6-12(15)18-3)8-10(2)13(9)14(16)17/h4-5,7-8H,6H2,1-3H3,(H,16,17). The molecular weight excluding hydrogens is 232 g/mol. The Kier molecular flexibility index (Phi) is 4.66. The van der Waals surface area contributed by atoms with Crippen LogP contribution in [-0.4, -0.2) is 24.2 Å². The molecule has 0 aliphatic carbocycles. The summed E-state index contributed by atoms with van der Waals surface area (Å²) in [4.78, 5) is 21.9. The summed E-state index contributed by atoms with van der Waals surface area (Å²) in [5.74, 6) is -1.23. The molecule has 0 radical (unpaired) electrons. The highest BCUT2D eigenvalue weighted by Crippen LogP contribution is 2.17. The Hall–Kier alpha value is -2.10. The van der Waals surface area contributed by atoms with Gasteiger partial charge in [-0.1, -0.05) is 24.3 Å². The largest absolute Gasteiger partial charge is 0.478 e. The van der Waals surface area contributed by atoms with E-state index in [1.807, 2.05) is 0 Å². The fraction of sp³-hybridized carbons (Fsp3) is 0.286. The maximum absolute atomic E-state index is 11.0. The number of rotatable bonds is 4. The molecule has 1 aromatic carbocycles. The number of methoxy groups -OCH3 is 1. The van der Waals surface area contributed by atoms with Gasteiger partial charge in [0.25, 0.3) is 0 Å². The minimum atomic E-state index is -0.921. The van der Waals surface area contributed by atoms with Crippen LogP contribution in [0.25, 0.3) is 6.08 Å². The Labute approximate surface area is 106 Å². The van der Waals surface area contributed by atoms with Crippen LogP contribution >= 0.6 is 0 Å². The molecule has 0 fully saturated rings. The Balaban J connectivity index is 2.93. The van der Waals surface area contributed by atoms with Crippen LogP contribution < -0.4 is 0 Å². The van der Waals surface area contributed by atoms with Crippen LogP contribution in [0.1, 0.15) is 33.5 Å². The van der Waals surface area contributed by atoms with Crippen LogP contribution in [0.2, 0.25) is 0 Å². The molecule has 0 amide bonds. The maximum atomic E-state index is 11.0. The van der Waals surface area contributed by atoms with Crippen molar-refractivity contribution in [2.75, 3.05) is 7.11 Å². The van der Waals surface area contributed by atoms with Gasteiger partial charge in [0, 0.05) is 0 Å². The highest BCUT2D eigenvalue weighted by atomic mass is 16.5. The summed E-state index contributed by atoms with van der Waals surface area (Å²) >= 11 is 0. The number of hydrogen-bond acceptors (Lipinski definition) is 3. The van der Waals surface area contributed by atoms with Crippen molar-refractivity contribution in [3.05, 3.63) is 40.5 Å². The summed E-state index contributed by atoms with van der Waals surface area (Å²) in [5, 5.41) is 9.04. The number of ether oxygens (including phenoxy) is 1. The Morgan fingerprint density at radius 2 is 1.83 bits per heavy atom. The lowest BCUT2D eigenvalue weighted by atomic mass is 9.99. The second-order valence-corrected chi connectivity index (χ2v) is 4.02. The van der Waals surface area contributed by atoms with E-state index in [2.05, 4.69) is 4.74 Å². The van der Waals surface area contributed by atoms with E-state index in [1.54, 1.807) is 38.1 Å². The SMILES string of the molecule is COC(=O)CC=Cc1cc(C)c(C(=O)O)c(C)c1. The minimum absolute atomic E-state index is 0.204. The number of hydrogen-bond donors (Lipinski definition) is 1. The van der Waals surface area contributed by atoms with E-state index < -0.39 is 5.97 Å². The zero-order valence-electron chi connectivity index (χ0n) is 10.7. The summed E-state index contributed by atoms with van der Waals surface area (Å²) in [5.41, 5.74) is 2.62. The molecule has 0 bridgehead atoms. The van der Waals surface area contributed by atoms with E-state index in [0.29, 0.717) is 16.7 Å². The molecule has 0 atom stereocenters. The molecule has 0 saturated carbocycles. The Morgan fingerprint density at radius 3 is 2.28 bits per heavy atom. The third-order valence-electron chi connectivity index (χ3n) is 2.59. The van der Waals surface area contributed by atoms with E-state index in [0.717, 1.165) is 5.56 Å². The van der Waals surface area contributed by atoms with Crippen LogP contribution in [0, 0.1) is 13.8 Å². The monoisotopic (exact) mass is 248 g/mol. The van der Waals surface area contributed by atoms with Gasteiger partial charge in [-0.3, -0.25) is 4.79 Å². The predicted molar refractivity (Wildman–Crippen MR) is 68.5 cm³/mol. The van der Waals surface area contributed by atoms with E-state index in [9.17, 15) is 9.59 Å². The normalized spacial score (nSPS) is 10.6. The van der Waals surface area contributed by atoms with Crippen molar-refractivity contribution in [3.63, 3.8) is 0 Å². The molecule has 0 saturated heterocycles. The first kappa shape index (κ1) is 14.0. The maximum Gasteiger partial charge on any atom is 0.336 e. The van der Waals surface area contributed by atoms with Crippen LogP contribution in [0.15, 0.2) is 18.2 Å². The number of carboxylic acids is 1. The van der Waals surface area contributed by atoms with Gasteiger partial charge in [-0.15, -0.1) is 0 Å². The summed E-state index contributed by atoms with van der Waals surface area (Å²) in [6.07, 6.45) is 3.68. The third-order valence-corrected chi connectivity index (χ3v) is 2.59. The molecule has 0 aliphatic rings. The van der Waals surface area contributed by atoms with Crippen molar-refractivity contribution < 1.29 is 19.4 Å². The molecule has 1 aromatic rings. The quantitative estimate of drug-likeness (QED) is 0.832. The van der Waals surface area contributed by atoms with Gasteiger partial charge < -0.3 is 9.84 Å². The molecular formula is C14H16O4. The van der Waals surface area contributed by atoms with Gasteiger partial charge >= 0.3 is 11.9 Å². The van der Waals surface area contributed by atoms with Gasteiger partial charge in [0.05, 0.1) is 19.1 Å². The molecule has 0 heterocycles. The second-order valence-electron chi connectivity index (χ2n) is 4.02. The topological polar surface area (TPSA) is 63.6 Å². The van der Waals surface area contributed by atoms with Crippen LogP contribution in [0.3, 0.4) is 0 Å². The molecule has 0 spiro atoms. The van der Waals surface area contributed by atoms with Gasteiger partial charge in [-0.2, -0.15) is 0 Å². The van der Waals surface area contributed by atoms with E-state index in [1.165, 1.54) is 7.11 Å². The van der Waals surface area contributed by atoms with Gasteiger partial charge in [0.1, 0.15) is 0 Å². The van der Waals surface area contributed by atoms with Crippen molar-refractivity contribution in [2.24, 2.45) is 0 Å². The zero-order chi connectivity index (χ0) is 13.7. The lowest BCUT2D eigenvalue weighted by molar-refractivity contribution is -0.139. The highest BCUT2D eigenvalue weighted by molar-refractivity contribution is 5.91. The molecule has 1 rings (SSSR count). The van der Waals surface area contributed by atoms with Crippen LogP contribution in [-0.2, 0) is 9.53 Å². The van der Waals surface area contributed by atoms with Gasteiger partial charge in [0.15, 0.2) is 0 Å². The number of benzene rings is 1. The lowest BCUT2D eigenvalue weighted by Crippen LogP contribution is -2.03. The van der Waals surface area contributed by atoms with Gasteiger partial charge in [0.2, 0.25) is 0 Å². The van der Waals surface area contributed by atoms with Crippen molar-refractivity contribution >= 4 is 18.0 Å². The number of carbonyl (C=O) groups excluding carboxylic acids is 1. The molecule has 0 unspecified atom stereocenters. The number of esters is 1. The van der Waals surface area contributed by atoms with E-state index in [-0.39, 0.29) is 12.4 Å². The molecule has 96 valence electrons. The Bertz CT molecular complexity index is 478. The minimum Gasteiger partial charge on any atom is -0.478 e. The lowest BCUT2D eigenvalue weighted by Gasteiger charge is -2.06. The van der Waals surface area contributed by atoms with Gasteiger partial charge in [-0.25, -0.2) is 4.79 Å². The average molecular weight is 248 g/mol. The average Bonchev–Trinajstić information content (AvgIpc) is 2.27. The third kappa shape index (κ3) is 3.45. The fourth-order valence-corrected chi connectivity index (χ4v) is 1.81. The molecule has 18 heavy (non-hydrogen) atoms. The van der Waals surface area contributed by atoms with E-state index >= 15 is 0 Å². The molecule has 1 N–H and O–H groups in total. The molecule has 4 nitrogen and oxygen atoms in total. The first-order chi connectivity index (χ1) is 8.45. The van der Waals surface area contributed by atoms with Crippen molar-refractivity contribution in [3.8, 4) is 0 Å². The van der Waals surface area contributed by atoms with Crippen molar-refractivity contribution in [2.45, 2.75) is 20.3 Å². The zero-order valence-corrected chi connectivity index (χ0v) is 10.7. The summed E-state index contributed by atoms with van der Waals surface area (Å²) in [6.45, 7) is 3.52. The molecule has 0 aliphatic heterocycles. The number of aromatic carboxylic acids is 1. The first-order valence-electron chi connectivity index (χ1n) is 5.53. The molecule has 0 aromatic heterocycles. The Morgan fingerprint density at radius 1 is 1.28 bits per heavy atom. The first-order valence-corrected chi connectivity index (χ1v) is 5.53. The van der Waals surface area contributed by atoms with Crippen molar-refractivity contribution in [1.29, 1.82) is 0 Å². The smallest absolute Gasteiger partial charge is 0.336 e. The predicted octanol–water partition coefficient (Wildman–Crippen LogP) is 2.58. The van der Waals surface area contributed by atoms with Crippen LogP contribution in [0.5, 0.6) is 0 Å². The molecule has 4 heteroatoms.